The molecule has 1 aliphatic heterocycles. The van der Waals surface area contributed by atoms with Gasteiger partial charge in [0.25, 0.3) is 0 Å². The second-order valence-electron chi connectivity index (χ2n) is 4.90. The van der Waals surface area contributed by atoms with Gasteiger partial charge in [0.15, 0.2) is 0 Å². The van der Waals surface area contributed by atoms with Crippen LogP contribution in [0.25, 0.3) is 0 Å². The summed E-state index contributed by atoms with van der Waals surface area (Å²) in [5.41, 5.74) is 1.10. The minimum Gasteiger partial charge on any atom is -0.379 e. The van der Waals surface area contributed by atoms with E-state index < -0.39 is 0 Å². The summed E-state index contributed by atoms with van der Waals surface area (Å²) in [7, 11) is 0. The molecule has 1 N–H and O–H groups in total. The summed E-state index contributed by atoms with van der Waals surface area (Å²) in [6.07, 6.45) is 7.10. The Labute approximate surface area is 96.0 Å². The van der Waals surface area contributed by atoms with Crippen LogP contribution in [0.5, 0.6) is 0 Å². The highest BCUT2D eigenvalue weighted by molar-refractivity contribution is 5.32. The van der Waals surface area contributed by atoms with Gasteiger partial charge in [-0.05, 0) is 32.6 Å². The van der Waals surface area contributed by atoms with E-state index in [2.05, 4.69) is 28.0 Å². The van der Waals surface area contributed by atoms with Crippen molar-refractivity contribution < 1.29 is 4.74 Å². The van der Waals surface area contributed by atoms with E-state index in [1.165, 1.54) is 19.3 Å². The molecule has 1 saturated heterocycles. The molecule has 88 valence electrons. The van der Waals surface area contributed by atoms with Crippen molar-refractivity contribution in [3.05, 3.63) is 11.9 Å². The third kappa shape index (κ3) is 2.07. The van der Waals surface area contributed by atoms with Crippen molar-refractivity contribution >= 4 is 5.95 Å². The van der Waals surface area contributed by atoms with Gasteiger partial charge in [0.1, 0.15) is 0 Å². The summed E-state index contributed by atoms with van der Waals surface area (Å²) >= 11 is 0. The molecule has 0 bridgehead atoms. The van der Waals surface area contributed by atoms with Crippen LogP contribution in [-0.2, 0) is 4.74 Å². The first kappa shape index (κ1) is 10.1. The summed E-state index contributed by atoms with van der Waals surface area (Å²) in [4.78, 5) is 4.56. The van der Waals surface area contributed by atoms with Crippen LogP contribution in [0.3, 0.4) is 0 Å². The number of anilines is 1. The van der Waals surface area contributed by atoms with Crippen molar-refractivity contribution in [3.8, 4) is 0 Å². The Bertz CT molecular complexity index is 364. The number of imidazole rings is 1. The lowest BCUT2D eigenvalue weighted by Gasteiger charge is -2.23. The molecule has 4 nitrogen and oxygen atoms in total. The minimum atomic E-state index is 0.438. The van der Waals surface area contributed by atoms with Crippen LogP contribution in [-0.4, -0.2) is 28.8 Å². The lowest BCUT2D eigenvalue weighted by molar-refractivity contribution is 0.0873. The van der Waals surface area contributed by atoms with Gasteiger partial charge in [0.05, 0.1) is 18.3 Å². The smallest absolute Gasteiger partial charge is 0.203 e. The van der Waals surface area contributed by atoms with Gasteiger partial charge in [-0.25, -0.2) is 4.98 Å². The molecule has 1 aromatic heterocycles. The average molecular weight is 221 g/mol. The van der Waals surface area contributed by atoms with E-state index in [1.807, 2.05) is 0 Å². The molecule has 1 aromatic rings. The number of nitrogens with one attached hydrogen (secondary N) is 1. The van der Waals surface area contributed by atoms with E-state index >= 15 is 0 Å². The van der Waals surface area contributed by atoms with Crippen molar-refractivity contribution in [2.75, 3.05) is 18.5 Å². The number of aromatic nitrogens is 2. The number of hydrogen-bond acceptors (Lipinski definition) is 3. The van der Waals surface area contributed by atoms with Crippen LogP contribution < -0.4 is 5.32 Å². The summed E-state index contributed by atoms with van der Waals surface area (Å²) in [6.45, 7) is 3.78. The molecule has 2 heterocycles. The maximum atomic E-state index is 5.48. The number of ether oxygens (including phenoxy) is 1. The topological polar surface area (TPSA) is 39.1 Å². The third-order valence-electron chi connectivity index (χ3n) is 3.29. The largest absolute Gasteiger partial charge is 0.379 e. The lowest BCUT2D eigenvalue weighted by Crippen LogP contribution is -2.31. The fourth-order valence-corrected chi connectivity index (χ4v) is 2.29. The molecule has 1 unspecified atom stereocenters. The van der Waals surface area contributed by atoms with E-state index in [9.17, 15) is 0 Å². The third-order valence-corrected chi connectivity index (χ3v) is 3.29. The van der Waals surface area contributed by atoms with Crippen LogP contribution in [0.1, 0.15) is 37.4 Å². The van der Waals surface area contributed by atoms with Crippen molar-refractivity contribution in [3.63, 3.8) is 0 Å². The zero-order valence-corrected chi connectivity index (χ0v) is 9.78. The summed E-state index contributed by atoms with van der Waals surface area (Å²) in [5.74, 6) is 1.04. The maximum absolute atomic E-state index is 5.48. The van der Waals surface area contributed by atoms with Gasteiger partial charge in [-0.15, -0.1) is 0 Å². The van der Waals surface area contributed by atoms with Crippen LogP contribution >= 0.6 is 0 Å². The summed E-state index contributed by atoms with van der Waals surface area (Å²) < 4.78 is 7.77. The predicted octanol–water partition coefficient (Wildman–Crippen LogP) is 2.12. The first-order chi connectivity index (χ1) is 7.83. The van der Waals surface area contributed by atoms with Crippen molar-refractivity contribution in [2.24, 2.45) is 0 Å². The van der Waals surface area contributed by atoms with E-state index in [0.29, 0.717) is 12.1 Å². The molecule has 1 atom stereocenters. The van der Waals surface area contributed by atoms with Gasteiger partial charge >= 0.3 is 0 Å². The fraction of sp³-hybridized carbons (Fsp3) is 0.750. The molecule has 0 amide bonds. The normalized spacial score (nSPS) is 25.7. The quantitative estimate of drug-likeness (QED) is 0.849. The first-order valence-corrected chi connectivity index (χ1v) is 6.22. The highest BCUT2D eigenvalue weighted by Crippen LogP contribution is 2.37. The molecule has 0 radical (unpaired) electrons. The van der Waals surface area contributed by atoms with Gasteiger partial charge in [-0.1, -0.05) is 0 Å². The highest BCUT2D eigenvalue weighted by atomic mass is 16.5. The zero-order valence-electron chi connectivity index (χ0n) is 9.78. The Morgan fingerprint density at radius 1 is 1.44 bits per heavy atom. The molecule has 1 aliphatic carbocycles. The lowest BCUT2D eigenvalue weighted by atomic mass is 10.1. The number of rotatable bonds is 3. The predicted molar refractivity (Wildman–Crippen MR) is 62.7 cm³/mol. The molecule has 4 heteroatoms. The number of nitrogens with zero attached hydrogens (tertiary/aromatic N) is 2. The van der Waals surface area contributed by atoms with E-state index in [-0.39, 0.29) is 0 Å². The van der Waals surface area contributed by atoms with Gasteiger partial charge < -0.3 is 14.6 Å². The number of hydrogen-bond donors (Lipinski definition) is 1. The van der Waals surface area contributed by atoms with Crippen molar-refractivity contribution in [2.45, 2.75) is 44.7 Å². The Morgan fingerprint density at radius 2 is 2.31 bits per heavy atom. The second kappa shape index (κ2) is 4.09. The van der Waals surface area contributed by atoms with E-state index in [1.54, 1.807) is 0 Å². The monoisotopic (exact) mass is 221 g/mol. The molecular formula is C12H19N3O. The molecule has 16 heavy (non-hydrogen) atoms. The number of aryl methyl sites for hydroxylation is 1. The Kier molecular flexibility index (Phi) is 2.59. The molecule has 0 spiro atoms. The molecule has 1 saturated carbocycles. The van der Waals surface area contributed by atoms with Crippen molar-refractivity contribution in [1.29, 1.82) is 0 Å². The van der Waals surface area contributed by atoms with E-state index in [4.69, 9.17) is 4.74 Å². The van der Waals surface area contributed by atoms with Gasteiger partial charge in [0, 0.05) is 18.8 Å². The minimum absolute atomic E-state index is 0.438. The second-order valence-corrected chi connectivity index (χ2v) is 4.90. The Morgan fingerprint density at radius 3 is 3.00 bits per heavy atom. The highest BCUT2D eigenvalue weighted by Gasteiger charge is 2.27. The van der Waals surface area contributed by atoms with Crippen LogP contribution in [0, 0.1) is 6.92 Å². The average Bonchev–Trinajstić information content (AvgIpc) is 3.06. The van der Waals surface area contributed by atoms with Crippen LogP contribution in [0.4, 0.5) is 5.95 Å². The van der Waals surface area contributed by atoms with Gasteiger partial charge in [0.2, 0.25) is 5.95 Å². The Balaban J connectivity index is 1.72. The van der Waals surface area contributed by atoms with Gasteiger partial charge in [-0.3, -0.25) is 0 Å². The molecule has 2 fully saturated rings. The standard InChI is InChI=1S/C12H19N3O/c1-9-7-15(11-4-5-11)12(13-9)14-10-3-2-6-16-8-10/h7,10-11H,2-6,8H2,1H3,(H,13,14). The van der Waals surface area contributed by atoms with Crippen LogP contribution in [0.15, 0.2) is 6.20 Å². The molecule has 0 aromatic carbocycles. The molecule has 2 aliphatic rings. The fourth-order valence-electron chi connectivity index (χ4n) is 2.29. The maximum Gasteiger partial charge on any atom is 0.203 e. The zero-order chi connectivity index (χ0) is 11.0. The SMILES string of the molecule is Cc1cn(C2CC2)c(NC2CCCOC2)n1. The molecular weight excluding hydrogens is 202 g/mol. The summed E-state index contributed by atoms with van der Waals surface area (Å²) in [5, 5.41) is 3.52. The molecule has 3 rings (SSSR count). The summed E-state index contributed by atoms with van der Waals surface area (Å²) in [6, 6.07) is 1.13. The van der Waals surface area contributed by atoms with Gasteiger partial charge in [-0.2, -0.15) is 0 Å². The first-order valence-electron chi connectivity index (χ1n) is 6.22. The van der Waals surface area contributed by atoms with E-state index in [0.717, 1.165) is 31.3 Å². The van der Waals surface area contributed by atoms with Crippen molar-refractivity contribution in [1.82, 2.24) is 9.55 Å². The van der Waals surface area contributed by atoms with Crippen LogP contribution in [0.2, 0.25) is 0 Å². The Hall–Kier alpha value is -1.03.